The lowest BCUT2D eigenvalue weighted by Crippen LogP contribution is -2.52. The molecule has 33 heavy (non-hydrogen) atoms. The maximum Gasteiger partial charge on any atom is 0.252 e. The van der Waals surface area contributed by atoms with Gasteiger partial charge < -0.3 is 21.5 Å². The number of carbonyl (C=O) groups is 3. The highest BCUT2D eigenvalue weighted by Crippen LogP contribution is 2.19. The van der Waals surface area contributed by atoms with Crippen LogP contribution in [-0.2, 0) is 16.0 Å². The highest BCUT2D eigenvalue weighted by Gasteiger charge is 2.31. The molecule has 0 aromatic heterocycles. The van der Waals surface area contributed by atoms with E-state index in [1.165, 1.54) is 0 Å². The van der Waals surface area contributed by atoms with Crippen LogP contribution in [0.25, 0.3) is 0 Å². The molecule has 0 aliphatic rings. The standard InChI is InChI=1S/C25H24BrN3O4/c26-19-13-7-8-16(14-19)15-20(23(27)31)28-25(33)22(30)21(17-9-3-1-4-10-17)29-24(32)18-11-5-2-6-12-18/h1-14,20-22,30H,15H2,(H2,27,31)(H,28,33)(H,29,32)/t20-,21-,22+/m0/s1. The number of halogens is 1. The first kappa shape index (κ1) is 24.2. The van der Waals surface area contributed by atoms with E-state index < -0.39 is 35.9 Å². The van der Waals surface area contributed by atoms with Crippen molar-refractivity contribution in [3.8, 4) is 0 Å². The molecule has 0 fully saturated rings. The molecule has 3 aromatic carbocycles. The van der Waals surface area contributed by atoms with E-state index in [0.717, 1.165) is 10.0 Å². The van der Waals surface area contributed by atoms with Gasteiger partial charge in [-0.05, 0) is 35.4 Å². The van der Waals surface area contributed by atoms with Gasteiger partial charge in [0.25, 0.3) is 11.8 Å². The Morgan fingerprint density at radius 2 is 1.52 bits per heavy atom. The highest BCUT2D eigenvalue weighted by atomic mass is 79.9. The summed E-state index contributed by atoms with van der Waals surface area (Å²) in [5.74, 6) is -2.01. The molecule has 5 N–H and O–H groups in total. The Labute approximate surface area is 200 Å². The fourth-order valence-electron chi connectivity index (χ4n) is 3.35. The van der Waals surface area contributed by atoms with Crippen LogP contribution in [0.4, 0.5) is 0 Å². The number of hydrogen-bond donors (Lipinski definition) is 4. The average Bonchev–Trinajstić information content (AvgIpc) is 2.82. The van der Waals surface area contributed by atoms with E-state index in [-0.39, 0.29) is 6.42 Å². The lowest BCUT2D eigenvalue weighted by atomic mass is 9.99. The number of carbonyl (C=O) groups excluding carboxylic acids is 3. The lowest BCUT2D eigenvalue weighted by Gasteiger charge is -2.26. The van der Waals surface area contributed by atoms with Crippen LogP contribution in [0.15, 0.2) is 89.4 Å². The van der Waals surface area contributed by atoms with Crippen LogP contribution in [0.1, 0.15) is 27.5 Å². The predicted octanol–water partition coefficient (Wildman–Crippen LogP) is 2.49. The minimum absolute atomic E-state index is 0.152. The van der Waals surface area contributed by atoms with Crippen LogP contribution >= 0.6 is 15.9 Å². The van der Waals surface area contributed by atoms with E-state index in [2.05, 4.69) is 26.6 Å². The van der Waals surface area contributed by atoms with Crippen molar-refractivity contribution >= 4 is 33.7 Å². The zero-order valence-electron chi connectivity index (χ0n) is 17.6. The van der Waals surface area contributed by atoms with Gasteiger partial charge in [-0.2, -0.15) is 0 Å². The largest absolute Gasteiger partial charge is 0.381 e. The van der Waals surface area contributed by atoms with E-state index >= 15 is 0 Å². The van der Waals surface area contributed by atoms with Gasteiger partial charge in [0.1, 0.15) is 6.04 Å². The first-order chi connectivity index (χ1) is 15.8. The summed E-state index contributed by atoms with van der Waals surface area (Å²) in [6.07, 6.45) is -1.51. The summed E-state index contributed by atoms with van der Waals surface area (Å²) >= 11 is 3.37. The van der Waals surface area contributed by atoms with Crippen molar-refractivity contribution in [3.63, 3.8) is 0 Å². The maximum absolute atomic E-state index is 12.9. The molecule has 3 atom stereocenters. The Bertz CT molecular complexity index is 1110. The zero-order valence-corrected chi connectivity index (χ0v) is 19.2. The van der Waals surface area contributed by atoms with Gasteiger partial charge in [-0.25, -0.2) is 0 Å². The van der Waals surface area contributed by atoms with Gasteiger partial charge in [-0.1, -0.05) is 76.6 Å². The normalized spacial score (nSPS) is 13.4. The Kier molecular flexibility index (Phi) is 8.34. The fraction of sp³-hybridized carbons (Fsp3) is 0.160. The molecule has 0 saturated carbocycles. The summed E-state index contributed by atoms with van der Waals surface area (Å²) in [5.41, 5.74) is 7.20. The Hall–Kier alpha value is -3.49. The molecule has 170 valence electrons. The monoisotopic (exact) mass is 509 g/mol. The number of aliphatic hydroxyl groups excluding tert-OH is 1. The van der Waals surface area contributed by atoms with Crippen LogP contribution in [-0.4, -0.2) is 35.0 Å². The third-order valence-electron chi connectivity index (χ3n) is 5.05. The van der Waals surface area contributed by atoms with Crippen molar-refractivity contribution in [1.82, 2.24) is 10.6 Å². The van der Waals surface area contributed by atoms with E-state index in [1.54, 1.807) is 72.8 Å². The van der Waals surface area contributed by atoms with Crippen molar-refractivity contribution < 1.29 is 19.5 Å². The second-order valence-electron chi connectivity index (χ2n) is 7.47. The van der Waals surface area contributed by atoms with Crippen molar-refractivity contribution in [3.05, 3.63) is 106 Å². The van der Waals surface area contributed by atoms with Gasteiger partial charge in [-0.15, -0.1) is 0 Å². The maximum atomic E-state index is 12.9. The van der Waals surface area contributed by atoms with Crippen LogP contribution in [0.3, 0.4) is 0 Å². The van der Waals surface area contributed by atoms with Crippen molar-refractivity contribution in [2.75, 3.05) is 0 Å². The van der Waals surface area contributed by atoms with E-state index in [9.17, 15) is 19.5 Å². The third kappa shape index (κ3) is 6.74. The van der Waals surface area contributed by atoms with Crippen molar-refractivity contribution in [2.24, 2.45) is 5.73 Å². The smallest absolute Gasteiger partial charge is 0.252 e. The van der Waals surface area contributed by atoms with Gasteiger partial charge in [0.15, 0.2) is 6.10 Å². The number of aliphatic hydroxyl groups is 1. The third-order valence-corrected chi connectivity index (χ3v) is 5.55. The van der Waals surface area contributed by atoms with Gasteiger partial charge in [0.2, 0.25) is 5.91 Å². The van der Waals surface area contributed by atoms with Gasteiger partial charge in [0.05, 0.1) is 6.04 Å². The summed E-state index contributed by atoms with van der Waals surface area (Å²) in [4.78, 5) is 37.6. The Morgan fingerprint density at radius 3 is 2.12 bits per heavy atom. The topological polar surface area (TPSA) is 122 Å². The Balaban J connectivity index is 1.79. The van der Waals surface area contributed by atoms with Crippen LogP contribution < -0.4 is 16.4 Å². The number of nitrogens with one attached hydrogen (secondary N) is 2. The van der Waals surface area contributed by atoms with Crippen LogP contribution in [0.2, 0.25) is 0 Å². The molecule has 3 rings (SSSR count). The average molecular weight is 510 g/mol. The number of primary amides is 1. The van der Waals surface area contributed by atoms with E-state index in [1.807, 2.05) is 12.1 Å². The number of benzene rings is 3. The van der Waals surface area contributed by atoms with Crippen molar-refractivity contribution in [1.29, 1.82) is 0 Å². The van der Waals surface area contributed by atoms with Gasteiger partial charge in [0, 0.05) is 16.5 Å². The molecule has 7 nitrogen and oxygen atoms in total. The molecule has 8 heteroatoms. The predicted molar refractivity (Wildman–Crippen MR) is 128 cm³/mol. The summed E-state index contributed by atoms with van der Waals surface area (Å²) in [6, 6.07) is 22.3. The molecular weight excluding hydrogens is 486 g/mol. The molecule has 0 unspecified atom stereocenters. The summed E-state index contributed by atoms with van der Waals surface area (Å²) in [6.45, 7) is 0. The van der Waals surface area contributed by atoms with Crippen LogP contribution in [0.5, 0.6) is 0 Å². The number of amides is 3. The second kappa shape index (κ2) is 11.4. The molecule has 0 spiro atoms. The molecule has 0 radical (unpaired) electrons. The van der Waals surface area contributed by atoms with Gasteiger partial charge >= 0.3 is 0 Å². The molecule has 3 amide bonds. The molecule has 0 aliphatic carbocycles. The minimum Gasteiger partial charge on any atom is -0.381 e. The number of nitrogens with two attached hydrogens (primary N) is 1. The van der Waals surface area contributed by atoms with Crippen molar-refractivity contribution in [2.45, 2.75) is 24.6 Å². The molecule has 0 heterocycles. The minimum atomic E-state index is -1.66. The van der Waals surface area contributed by atoms with E-state index in [0.29, 0.717) is 11.1 Å². The first-order valence-electron chi connectivity index (χ1n) is 10.3. The number of hydrogen-bond acceptors (Lipinski definition) is 4. The zero-order chi connectivity index (χ0) is 23.8. The Morgan fingerprint density at radius 1 is 0.879 bits per heavy atom. The highest BCUT2D eigenvalue weighted by molar-refractivity contribution is 9.10. The fourth-order valence-corrected chi connectivity index (χ4v) is 3.80. The van der Waals surface area contributed by atoms with Gasteiger partial charge in [-0.3, -0.25) is 14.4 Å². The summed E-state index contributed by atoms with van der Waals surface area (Å²) < 4.78 is 0.822. The molecule has 0 bridgehead atoms. The number of rotatable bonds is 9. The molecule has 0 saturated heterocycles. The van der Waals surface area contributed by atoms with E-state index in [4.69, 9.17) is 5.73 Å². The summed E-state index contributed by atoms with van der Waals surface area (Å²) in [7, 11) is 0. The molecule has 3 aromatic rings. The van der Waals surface area contributed by atoms with Crippen LogP contribution in [0, 0.1) is 0 Å². The first-order valence-corrected chi connectivity index (χ1v) is 11.1. The lowest BCUT2D eigenvalue weighted by molar-refractivity contribution is -0.134. The second-order valence-corrected chi connectivity index (χ2v) is 8.39. The quantitative estimate of drug-likeness (QED) is 0.354. The molecule has 0 aliphatic heterocycles. The summed E-state index contributed by atoms with van der Waals surface area (Å²) in [5, 5.41) is 16.1. The molecular formula is C25H24BrN3O4. The SMILES string of the molecule is NC(=O)[C@H](Cc1cccc(Br)c1)NC(=O)[C@H](O)[C@@H](NC(=O)c1ccccc1)c1ccccc1.